The number of nitrogens with one attached hydrogen (secondary N) is 2. The van der Waals surface area contributed by atoms with Crippen molar-refractivity contribution in [2.45, 2.75) is 0 Å². The van der Waals surface area contributed by atoms with Crippen LogP contribution >= 0.6 is 0 Å². The number of carbonyl (C=O) groups excluding carboxylic acids is 1. The standard InChI is InChI=1S/C22H17N5O/c28-22(27-25-15-16-9-12-23-13-10-16)17-5-7-18(8-6-17)26-21-11-14-24-20-4-2-1-3-19(20)21/h1-15H,(H,24,26)(H,27,28). The maximum absolute atomic E-state index is 12.2. The number of benzene rings is 2. The Morgan fingerprint density at radius 3 is 2.50 bits per heavy atom. The van der Waals surface area contributed by atoms with Crippen LogP contribution in [-0.4, -0.2) is 22.1 Å². The number of aromatic nitrogens is 2. The van der Waals surface area contributed by atoms with E-state index in [1.807, 2.05) is 42.5 Å². The number of pyridine rings is 2. The molecule has 0 atom stereocenters. The Morgan fingerprint density at radius 1 is 0.893 bits per heavy atom. The predicted molar refractivity (Wildman–Crippen MR) is 111 cm³/mol. The fourth-order valence-corrected chi connectivity index (χ4v) is 2.74. The van der Waals surface area contributed by atoms with Gasteiger partial charge in [-0.25, -0.2) is 5.43 Å². The zero-order chi connectivity index (χ0) is 19.2. The molecular weight excluding hydrogens is 350 g/mol. The number of anilines is 2. The maximum atomic E-state index is 12.2. The van der Waals surface area contributed by atoms with Crippen LogP contribution in [0.3, 0.4) is 0 Å². The monoisotopic (exact) mass is 367 g/mol. The molecule has 0 saturated heterocycles. The van der Waals surface area contributed by atoms with Crippen LogP contribution in [0.5, 0.6) is 0 Å². The van der Waals surface area contributed by atoms with E-state index < -0.39 is 0 Å². The van der Waals surface area contributed by atoms with Gasteiger partial charge in [0.25, 0.3) is 5.91 Å². The minimum Gasteiger partial charge on any atom is -0.355 e. The zero-order valence-corrected chi connectivity index (χ0v) is 14.9. The molecule has 0 radical (unpaired) electrons. The van der Waals surface area contributed by atoms with Gasteiger partial charge in [0, 0.05) is 40.9 Å². The highest BCUT2D eigenvalue weighted by atomic mass is 16.2. The Morgan fingerprint density at radius 2 is 1.68 bits per heavy atom. The average molecular weight is 367 g/mol. The van der Waals surface area contributed by atoms with Crippen molar-refractivity contribution in [3.63, 3.8) is 0 Å². The molecule has 0 bridgehead atoms. The number of nitrogens with zero attached hydrogens (tertiary/aromatic N) is 3. The molecule has 0 aliphatic heterocycles. The number of hydrogen-bond acceptors (Lipinski definition) is 5. The van der Waals surface area contributed by atoms with E-state index in [1.165, 1.54) is 0 Å². The average Bonchev–Trinajstić information content (AvgIpc) is 2.75. The molecule has 4 rings (SSSR count). The Balaban J connectivity index is 1.43. The van der Waals surface area contributed by atoms with Gasteiger partial charge in [-0.2, -0.15) is 5.10 Å². The highest BCUT2D eigenvalue weighted by Gasteiger charge is 2.05. The normalized spacial score (nSPS) is 10.9. The molecular formula is C22H17N5O. The van der Waals surface area contributed by atoms with Gasteiger partial charge in [0.05, 0.1) is 11.7 Å². The molecule has 1 amide bonds. The minimum atomic E-state index is -0.272. The fourth-order valence-electron chi connectivity index (χ4n) is 2.74. The third-order valence-electron chi connectivity index (χ3n) is 4.16. The lowest BCUT2D eigenvalue weighted by atomic mass is 10.1. The Kier molecular flexibility index (Phi) is 5.02. The molecule has 0 spiro atoms. The number of rotatable bonds is 5. The summed E-state index contributed by atoms with van der Waals surface area (Å²) in [5.41, 5.74) is 6.68. The van der Waals surface area contributed by atoms with Crippen LogP contribution in [0.15, 0.2) is 90.4 Å². The van der Waals surface area contributed by atoms with E-state index >= 15 is 0 Å². The first-order chi connectivity index (χ1) is 13.8. The summed E-state index contributed by atoms with van der Waals surface area (Å²) in [6.07, 6.45) is 6.68. The number of para-hydroxylation sites is 1. The van der Waals surface area contributed by atoms with Gasteiger partial charge in [-0.05, 0) is 54.1 Å². The van der Waals surface area contributed by atoms with Gasteiger partial charge >= 0.3 is 0 Å². The van der Waals surface area contributed by atoms with E-state index in [0.29, 0.717) is 5.56 Å². The van der Waals surface area contributed by atoms with Crippen molar-refractivity contribution in [1.29, 1.82) is 0 Å². The number of hydrazone groups is 1. The van der Waals surface area contributed by atoms with E-state index in [4.69, 9.17) is 0 Å². The summed E-state index contributed by atoms with van der Waals surface area (Å²) in [6, 6.07) is 20.7. The Labute approximate surface area is 162 Å². The van der Waals surface area contributed by atoms with E-state index in [1.54, 1.807) is 49.1 Å². The molecule has 6 nitrogen and oxygen atoms in total. The van der Waals surface area contributed by atoms with Crippen molar-refractivity contribution >= 4 is 34.4 Å². The molecule has 2 aromatic carbocycles. The Hall–Kier alpha value is -4.06. The molecule has 0 aliphatic rings. The maximum Gasteiger partial charge on any atom is 0.271 e. The van der Waals surface area contributed by atoms with E-state index in [9.17, 15) is 4.79 Å². The fraction of sp³-hybridized carbons (Fsp3) is 0. The van der Waals surface area contributed by atoms with Gasteiger partial charge in [-0.3, -0.25) is 14.8 Å². The second-order valence-corrected chi connectivity index (χ2v) is 6.06. The summed E-state index contributed by atoms with van der Waals surface area (Å²) in [6.45, 7) is 0. The minimum absolute atomic E-state index is 0.272. The molecule has 6 heteroatoms. The third-order valence-corrected chi connectivity index (χ3v) is 4.16. The topological polar surface area (TPSA) is 79.3 Å². The predicted octanol–water partition coefficient (Wildman–Crippen LogP) is 4.14. The summed E-state index contributed by atoms with van der Waals surface area (Å²) in [4.78, 5) is 20.5. The van der Waals surface area contributed by atoms with Crippen LogP contribution < -0.4 is 10.7 Å². The van der Waals surface area contributed by atoms with Crippen molar-refractivity contribution in [2.75, 3.05) is 5.32 Å². The molecule has 0 fully saturated rings. The van der Waals surface area contributed by atoms with Crippen LogP contribution in [0.25, 0.3) is 10.9 Å². The number of carbonyl (C=O) groups is 1. The Bertz CT molecular complexity index is 1120. The second kappa shape index (κ2) is 8.09. The summed E-state index contributed by atoms with van der Waals surface area (Å²) >= 11 is 0. The van der Waals surface area contributed by atoms with Crippen LogP contribution in [0, 0.1) is 0 Å². The van der Waals surface area contributed by atoms with Gasteiger partial charge in [-0.1, -0.05) is 18.2 Å². The summed E-state index contributed by atoms with van der Waals surface area (Å²) in [5, 5.41) is 8.38. The first-order valence-corrected chi connectivity index (χ1v) is 8.74. The van der Waals surface area contributed by atoms with Gasteiger partial charge in [0.15, 0.2) is 0 Å². The number of hydrogen-bond donors (Lipinski definition) is 2. The smallest absolute Gasteiger partial charge is 0.271 e. The summed E-state index contributed by atoms with van der Waals surface area (Å²) in [5.74, 6) is -0.272. The van der Waals surface area contributed by atoms with Crippen molar-refractivity contribution in [3.05, 3.63) is 96.4 Å². The molecule has 0 unspecified atom stereocenters. The van der Waals surface area contributed by atoms with Crippen LogP contribution in [-0.2, 0) is 0 Å². The summed E-state index contributed by atoms with van der Waals surface area (Å²) in [7, 11) is 0. The molecule has 28 heavy (non-hydrogen) atoms. The van der Waals surface area contributed by atoms with Gasteiger partial charge in [0.2, 0.25) is 0 Å². The lowest BCUT2D eigenvalue weighted by Crippen LogP contribution is -2.17. The zero-order valence-electron chi connectivity index (χ0n) is 14.9. The second-order valence-electron chi connectivity index (χ2n) is 6.06. The molecule has 2 heterocycles. The first kappa shape index (κ1) is 17.4. The highest BCUT2D eigenvalue weighted by Crippen LogP contribution is 2.24. The van der Waals surface area contributed by atoms with E-state index in [0.717, 1.165) is 27.8 Å². The molecule has 0 aliphatic carbocycles. The van der Waals surface area contributed by atoms with Gasteiger partial charge < -0.3 is 5.32 Å². The van der Waals surface area contributed by atoms with Gasteiger partial charge in [-0.15, -0.1) is 0 Å². The van der Waals surface area contributed by atoms with Crippen molar-refractivity contribution in [2.24, 2.45) is 5.10 Å². The lowest BCUT2D eigenvalue weighted by molar-refractivity contribution is 0.0955. The van der Waals surface area contributed by atoms with Crippen molar-refractivity contribution < 1.29 is 4.79 Å². The molecule has 0 saturated carbocycles. The van der Waals surface area contributed by atoms with Crippen molar-refractivity contribution in [1.82, 2.24) is 15.4 Å². The van der Waals surface area contributed by atoms with E-state index in [2.05, 4.69) is 25.8 Å². The van der Waals surface area contributed by atoms with Crippen LogP contribution in [0.1, 0.15) is 15.9 Å². The summed E-state index contributed by atoms with van der Waals surface area (Å²) < 4.78 is 0. The molecule has 2 aromatic heterocycles. The number of fused-ring (bicyclic) bond motifs is 1. The highest BCUT2D eigenvalue weighted by molar-refractivity contribution is 5.96. The third kappa shape index (κ3) is 4.02. The van der Waals surface area contributed by atoms with Crippen LogP contribution in [0.4, 0.5) is 11.4 Å². The quantitative estimate of drug-likeness (QED) is 0.410. The molecule has 136 valence electrons. The van der Waals surface area contributed by atoms with Crippen molar-refractivity contribution in [3.8, 4) is 0 Å². The largest absolute Gasteiger partial charge is 0.355 e. The molecule has 4 aromatic rings. The van der Waals surface area contributed by atoms with Gasteiger partial charge in [0.1, 0.15) is 0 Å². The lowest BCUT2D eigenvalue weighted by Gasteiger charge is -2.10. The first-order valence-electron chi connectivity index (χ1n) is 8.74. The molecule has 2 N–H and O–H groups in total. The number of amides is 1. The van der Waals surface area contributed by atoms with Crippen LogP contribution in [0.2, 0.25) is 0 Å². The van der Waals surface area contributed by atoms with E-state index in [-0.39, 0.29) is 5.91 Å². The SMILES string of the molecule is O=C(NN=Cc1ccncc1)c1ccc(Nc2ccnc3ccccc23)cc1.